The van der Waals surface area contributed by atoms with E-state index < -0.39 is 0 Å². The number of ether oxygens (including phenoxy) is 1. The molecule has 0 amide bonds. The lowest BCUT2D eigenvalue weighted by molar-refractivity contribution is 0.198. The normalized spacial score (nSPS) is 10.4. The molecular formula is C14H18FN5O. The van der Waals surface area contributed by atoms with Crippen molar-refractivity contribution in [3.05, 3.63) is 36.4 Å². The van der Waals surface area contributed by atoms with Crippen LogP contribution in [0.5, 0.6) is 0 Å². The number of methoxy groups -OCH3 is 1. The van der Waals surface area contributed by atoms with Gasteiger partial charge in [0, 0.05) is 25.9 Å². The molecule has 0 aliphatic carbocycles. The Morgan fingerprint density at radius 3 is 2.62 bits per heavy atom. The van der Waals surface area contributed by atoms with Gasteiger partial charge in [0.05, 0.1) is 0 Å². The van der Waals surface area contributed by atoms with Crippen molar-refractivity contribution in [1.29, 1.82) is 0 Å². The predicted molar refractivity (Wildman–Crippen MR) is 81.1 cm³/mol. The lowest BCUT2D eigenvalue weighted by atomic mass is 10.3. The number of nitrogens with one attached hydrogen (secondary N) is 2. The van der Waals surface area contributed by atoms with Crippen LogP contribution in [0.1, 0.15) is 6.42 Å². The number of nitrogen functional groups attached to an aromatic ring is 1. The molecule has 0 unspecified atom stereocenters. The van der Waals surface area contributed by atoms with Gasteiger partial charge in [0.2, 0.25) is 0 Å². The molecule has 1 heterocycles. The van der Waals surface area contributed by atoms with Gasteiger partial charge < -0.3 is 21.1 Å². The number of hydrogen-bond acceptors (Lipinski definition) is 6. The van der Waals surface area contributed by atoms with Crippen molar-refractivity contribution in [2.45, 2.75) is 6.42 Å². The first kappa shape index (κ1) is 15.0. The second-order valence-electron chi connectivity index (χ2n) is 4.39. The van der Waals surface area contributed by atoms with E-state index in [0.717, 1.165) is 6.42 Å². The molecule has 1 aromatic carbocycles. The molecule has 7 heteroatoms. The minimum absolute atomic E-state index is 0.295. The van der Waals surface area contributed by atoms with Crippen molar-refractivity contribution in [3.63, 3.8) is 0 Å². The van der Waals surface area contributed by atoms with Crippen LogP contribution in [0.25, 0.3) is 0 Å². The average molecular weight is 291 g/mol. The van der Waals surface area contributed by atoms with Crippen LogP contribution >= 0.6 is 0 Å². The summed E-state index contributed by atoms with van der Waals surface area (Å²) in [5, 5.41) is 6.16. The minimum Gasteiger partial charge on any atom is -0.393 e. The highest BCUT2D eigenvalue weighted by atomic mass is 19.1. The molecule has 1 aromatic heterocycles. The molecule has 0 bridgehead atoms. The predicted octanol–water partition coefficient (Wildman–Crippen LogP) is 2.39. The Morgan fingerprint density at radius 1 is 1.19 bits per heavy atom. The molecule has 0 fully saturated rings. The number of nitrogens with two attached hydrogens (primary N) is 1. The number of rotatable bonds is 7. The molecule has 6 nitrogen and oxygen atoms in total. The third kappa shape index (κ3) is 4.28. The van der Waals surface area contributed by atoms with Crippen LogP contribution in [0.4, 0.5) is 27.4 Å². The first-order valence-electron chi connectivity index (χ1n) is 6.56. The van der Waals surface area contributed by atoms with Crippen molar-refractivity contribution in [1.82, 2.24) is 9.97 Å². The fraction of sp³-hybridized carbons (Fsp3) is 0.286. The topological polar surface area (TPSA) is 85.1 Å². The largest absolute Gasteiger partial charge is 0.393 e. The highest BCUT2D eigenvalue weighted by Gasteiger charge is 2.08. The summed E-state index contributed by atoms with van der Waals surface area (Å²) in [6.45, 7) is 1.36. The van der Waals surface area contributed by atoms with E-state index in [4.69, 9.17) is 10.5 Å². The maximum Gasteiger partial charge on any atom is 0.159 e. The van der Waals surface area contributed by atoms with Gasteiger partial charge in [-0.3, -0.25) is 0 Å². The summed E-state index contributed by atoms with van der Waals surface area (Å²) >= 11 is 0. The van der Waals surface area contributed by atoms with Gasteiger partial charge in [0.1, 0.15) is 17.8 Å². The molecule has 0 aliphatic rings. The lowest BCUT2D eigenvalue weighted by Crippen LogP contribution is -2.10. The summed E-state index contributed by atoms with van der Waals surface area (Å²) < 4.78 is 17.8. The molecule has 0 atom stereocenters. The Morgan fingerprint density at radius 2 is 1.90 bits per heavy atom. The Hall–Kier alpha value is -2.41. The van der Waals surface area contributed by atoms with Crippen LogP contribution in [-0.2, 0) is 4.74 Å². The molecule has 0 spiro atoms. The van der Waals surface area contributed by atoms with Crippen molar-refractivity contribution in [3.8, 4) is 0 Å². The summed E-state index contributed by atoms with van der Waals surface area (Å²) in [4.78, 5) is 8.20. The molecule has 2 aromatic rings. The Balaban J connectivity index is 2.04. The van der Waals surface area contributed by atoms with Crippen molar-refractivity contribution in [2.75, 3.05) is 36.6 Å². The number of halogens is 1. The standard InChI is InChI=1S/C14H18FN5O/c1-21-8-2-7-17-13-12(16)14(19-9-18-13)20-11-5-3-10(15)4-6-11/h3-6,9H,2,7-8,16H2,1H3,(H2,17,18,19,20). The van der Waals surface area contributed by atoms with E-state index in [2.05, 4.69) is 20.6 Å². The molecule has 2 rings (SSSR count). The highest BCUT2D eigenvalue weighted by Crippen LogP contribution is 2.25. The second-order valence-corrected chi connectivity index (χ2v) is 4.39. The van der Waals surface area contributed by atoms with E-state index in [1.54, 1.807) is 19.2 Å². The third-order valence-electron chi connectivity index (χ3n) is 2.81. The number of hydrogen-bond donors (Lipinski definition) is 3. The van der Waals surface area contributed by atoms with Crippen molar-refractivity contribution < 1.29 is 9.13 Å². The summed E-state index contributed by atoms with van der Waals surface area (Å²) in [5.41, 5.74) is 7.14. The number of aromatic nitrogens is 2. The Kier molecular flexibility index (Phi) is 5.28. The van der Waals surface area contributed by atoms with E-state index in [-0.39, 0.29) is 5.82 Å². The summed E-state index contributed by atoms with van der Waals surface area (Å²) in [5.74, 6) is 0.744. The van der Waals surface area contributed by atoms with E-state index >= 15 is 0 Å². The van der Waals surface area contributed by atoms with Gasteiger partial charge in [-0.15, -0.1) is 0 Å². The van der Waals surface area contributed by atoms with Crippen LogP contribution < -0.4 is 16.4 Å². The minimum atomic E-state index is -0.295. The maximum atomic E-state index is 12.9. The van der Waals surface area contributed by atoms with Crippen LogP contribution in [0, 0.1) is 5.82 Å². The van der Waals surface area contributed by atoms with Crippen LogP contribution in [0.2, 0.25) is 0 Å². The van der Waals surface area contributed by atoms with Gasteiger partial charge in [-0.25, -0.2) is 14.4 Å². The van der Waals surface area contributed by atoms with Gasteiger partial charge in [-0.05, 0) is 30.7 Å². The lowest BCUT2D eigenvalue weighted by Gasteiger charge is -2.12. The van der Waals surface area contributed by atoms with Gasteiger partial charge in [-0.2, -0.15) is 0 Å². The van der Waals surface area contributed by atoms with Crippen LogP contribution in [-0.4, -0.2) is 30.2 Å². The van der Waals surface area contributed by atoms with Crippen LogP contribution in [0.15, 0.2) is 30.6 Å². The first-order chi connectivity index (χ1) is 10.2. The SMILES string of the molecule is COCCCNc1ncnc(Nc2ccc(F)cc2)c1N. The quantitative estimate of drug-likeness (QED) is 0.679. The zero-order valence-electron chi connectivity index (χ0n) is 11.8. The summed E-state index contributed by atoms with van der Waals surface area (Å²) in [7, 11) is 1.66. The monoisotopic (exact) mass is 291 g/mol. The summed E-state index contributed by atoms with van der Waals surface area (Å²) in [6.07, 6.45) is 2.27. The highest BCUT2D eigenvalue weighted by molar-refractivity contribution is 5.77. The van der Waals surface area contributed by atoms with E-state index in [0.29, 0.717) is 36.2 Å². The van der Waals surface area contributed by atoms with Gasteiger partial charge in [0.15, 0.2) is 11.6 Å². The molecular weight excluding hydrogens is 273 g/mol. The van der Waals surface area contributed by atoms with Crippen LogP contribution in [0.3, 0.4) is 0 Å². The smallest absolute Gasteiger partial charge is 0.159 e. The number of anilines is 4. The molecule has 0 saturated carbocycles. The zero-order valence-corrected chi connectivity index (χ0v) is 11.8. The van der Waals surface area contributed by atoms with Crippen molar-refractivity contribution in [2.24, 2.45) is 0 Å². The van der Waals surface area contributed by atoms with E-state index in [1.165, 1.54) is 18.5 Å². The average Bonchev–Trinajstić information content (AvgIpc) is 2.49. The molecule has 0 radical (unpaired) electrons. The Labute approximate surface area is 122 Å². The molecule has 4 N–H and O–H groups in total. The Bertz CT molecular complexity index is 576. The van der Waals surface area contributed by atoms with Gasteiger partial charge >= 0.3 is 0 Å². The van der Waals surface area contributed by atoms with Crippen molar-refractivity contribution >= 4 is 23.0 Å². The summed E-state index contributed by atoms with van der Waals surface area (Å²) in [6, 6.07) is 5.96. The molecule has 21 heavy (non-hydrogen) atoms. The number of nitrogens with zero attached hydrogens (tertiary/aromatic N) is 2. The van der Waals surface area contributed by atoms with Gasteiger partial charge in [-0.1, -0.05) is 0 Å². The molecule has 0 aliphatic heterocycles. The molecule has 0 saturated heterocycles. The maximum absolute atomic E-state index is 12.9. The van der Waals surface area contributed by atoms with E-state index in [1.807, 2.05) is 0 Å². The third-order valence-corrected chi connectivity index (χ3v) is 2.81. The fourth-order valence-corrected chi connectivity index (χ4v) is 1.73. The first-order valence-corrected chi connectivity index (χ1v) is 6.56. The van der Waals surface area contributed by atoms with E-state index in [9.17, 15) is 4.39 Å². The van der Waals surface area contributed by atoms with Gasteiger partial charge in [0.25, 0.3) is 0 Å². The second kappa shape index (κ2) is 7.39. The number of benzene rings is 1. The molecule has 112 valence electrons. The fourth-order valence-electron chi connectivity index (χ4n) is 1.73. The zero-order chi connectivity index (χ0) is 15.1.